The number of rotatable bonds is 6. The number of aromatic nitrogens is 6. The third kappa shape index (κ3) is 4.29. The van der Waals surface area contributed by atoms with Crippen LogP contribution in [0.5, 0.6) is 0 Å². The van der Waals surface area contributed by atoms with E-state index in [9.17, 15) is 22.8 Å². The number of halogens is 3. The van der Waals surface area contributed by atoms with Crippen molar-refractivity contribution >= 4 is 40.3 Å². The Kier molecular flexibility index (Phi) is 5.70. The molecule has 4 aromatic rings. The molecule has 0 bridgehead atoms. The summed E-state index contributed by atoms with van der Waals surface area (Å²) < 4.78 is 42.3. The number of ether oxygens (including phenoxy) is 1. The van der Waals surface area contributed by atoms with Crippen LogP contribution in [0, 0.1) is 0 Å². The van der Waals surface area contributed by atoms with Gasteiger partial charge in [0.2, 0.25) is 11.8 Å². The van der Waals surface area contributed by atoms with E-state index in [4.69, 9.17) is 5.73 Å². The fourth-order valence-electron chi connectivity index (χ4n) is 3.99. The molecule has 4 N–H and O–H groups in total. The van der Waals surface area contributed by atoms with Gasteiger partial charge < -0.3 is 16.4 Å². The molecule has 0 saturated heterocycles. The average Bonchev–Trinajstić information content (AvgIpc) is 3.34. The van der Waals surface area contributed by atoms with Gasteiger partial charge in [0.1, 0.15) is 23.1 Å². The molecule has 0 fully saturated rings. The minimum atomic E-state index is -4.79. The lowest BCUT2D eigenvalue weighted by molar-refractivity contribution is -0.325. The van der Waals surface area contributed by atoms with Crippen LogP contribution in [0.3, 0.4) is 0 Å². The number of nitrogens with two attached hydrogens (primary N) is 1. The molecule has 0 radical (unpaired) electrons. The van der Waals surface area contributed by atoms with Gasteiger partial charge in [0.25, 0.3) is 0 Å². The van der Waals surface area contributed by atoms with Gasteiger partial charge in [0, 0.05) is 12.4 Å². The number of carbonyl (C=O) groups is 2. The second-order valence-corrected chi connectivity index (χ2v) is 8.14. The van der Waals surface area contributed by atoms with Gasteiger partial charge in [-0.3, -0.25) is 14.3 Å². The Morgan fingerprint density at radius 3 is 2.70 bits per heavy atom. The quantitative estimate of drug-likeness (QED) is 0.328. The minimum Gasteiger partial charge on any atom is -0.383 e. The molecule has 5 rings (SSSR count). The maximum absolute atomic E-state index is 13.1. The van der Waals surface area contributed by atoms with Gasteiger partial charge in [-0.2, -0.15) is 5.10 Å². The summed E-state index contributed by atoms with van der Waals surface area (Å²) >= 11 is 0. The average molecular weight is 513 g/mol. The molecule has 37 heavy (non-hydrogen) atoms. The summed E-state index contributed by atoms with van der Waals surface area (Å²) in [6, 6.07) is 8.16. The Morgan fingerprint density at radius 1 is 1.19 bits per heavy atom. The summed E-state index contributed by atoms with van der Waals surface area (Å²) in [4.78, 5) is 42.9. The van der Waals surface area contributed by atoms with Crippen molar-refractivity contribution in [2.24, 2.45) is 0 Å². The van der Waals surface area contributed by atoms with Crippen molar-refractivity contribution in [3.05, 3.63) is 48.3 Å². The first-order valence-corrected chi connectivity index (χ1v) is 10.8. The summed E-state index contributed by atoms with van der Waals surface area (Å²) in [6.07, 6.45) is -1.85. The van der Waals surface area contributed by atoms with E-state index >= 15 is 0 Å². The monoisotopic (exact) mass is 513 g/mol. The topological polar surface area (TPSA) is 163 Å². The fraction of sp³-hybridized carbons (Fsp3) is 0.227. The van der Waals surface area contributed by atoms with Gasteiger partial charge in [0.05, 0.1) is 24.1 Å². The smallest absolute Gasteiger partial charge is 0.383 e. The Morgan fingerprint density at radius 2 is 1.97 bits per heavy atom. The van der Waals surface area contributed by atoms with Crippen LogP contribution in [-0.4, -0.2) is 54.5 Å². The molecular formula is C22H18F3N9O3. The second kappa shape index (κ2) is 8.77. The van der Waals surface area contributed by atoms with E-state index < -0.39 is 30.2 Å². The van der Waals surface area contributed by atoms with Gasteiger partial charge in [0.15, 0.2) is 16.9 Å². The van der Waals surface area contributed by atoms with E-state index in [0.29, 0.717) is 5.39 Å². The molecular weight excluding hydrogens is 495 g/mol. The van der Waals surface area contributed by atoms with Gasteiger partial charge in [-0.25, -0.2) is 24.6 Å². The number of nitrogens with zero attached hydrogens (tertiary/aromatic N) is 6. The normalized spacial score (nSPS) is 17.0. The van der Waals surface area contributed by atoms with Crippen LogP contribution in [0.4, 0.5) is 30.6 Å². The summed E-state index contributed by atoms with van der Waals surface area (Å²) in [7, 11) is 0. The third-order valence-corrected chi connectivity index (χ3v) is 5.77. The second-order valence-electron chi connectivity index (χ2n) is 8.14. The lowest BCUT2D eigenvalue weighted by Gasteiger charge is -2.21. The van der Waals surface area contributed by atoms with Crippen LogP contribution in [0.1, 0.15) is 12.5 Å². The van der Waals surface area contributed by atoms with Crippen LogP contribution in [0.25, 0.3) is 22.6 Å². The van der Waals surface area contributed by atoms with Gasteiger partial charge in [-0.1, -0.05) is 6.07 Å². The molecule has 1 unspecified atom stereocenters. The number of nitrogen functional groups attached to an aromatic ring is 1. The van der Waals surface area contributed by atoms with Gasteiger partial charge in [-0.05, 0) is 31.2 Å². The number of hydrogen-bond acceptors (Lipinski definition) is 9. The standard InChI is InChI=1S/C22H18F3N9O3/c1-21(19(35)29-12-6-2-3-7-27-12)13-15(26)30-17(31-16(13)32-20(21)36)14-11-5-4-8-28-18(11)34(33-14)9-10-37-22(23,24)25/h2-8H,9-10H2,1H3,(H,27,29,35)(H3,26,30,31,32,36). The molecule has 0 saturated carbocycles. The zero-order valence-electron chi connectivity index (χ0n) is 19.1. The number of alkyl halides is 3. The predicted octanol–water partition coefficient (Wildman–Crippen LogP) is 2.25. The molecule has 1 aliphatic heterocycles. The number of nitrogens with one attached hydrogen (secondary N) is 2. The maximum Gasteiger partial charge on any atom is 0.522 e. The molecule has 2 amide bonds. The molecule has 1 aliphatic rings. The zero-order valence-corrected chi connectivity index (χ0v) is 19.1. The molecule has 190 valence electrons. The van der Waals surface area contributed by atoms with Crippen molar-refractivity contribution in [1.29, 1.82) is 0 Å². The maximum atomic E-state index is 13.1. The number of anilines is 3. The van der Waals surface area contributed by atoms with Crippen molar-refractivity contribution in [3.63, 3.8) is 0 Å². The Hall–Kier alpha value is -4.66. The first kappa shape index (κ1) is 24.1. The molecule has 12 nitrogen and oxygen atoms in total. The van der Waals surface area contributed by atoms with Crippen LogP contribution in [0.15, 0.2) is 42.7 Å². The van der Waals surface area contributed by atoms with E-state index in [1.807, 2.05) is 0 Å². The molecule has 0 aliphatic carbocycles. The number of carbonyl (C=O) groups excluding carboxylic acids is 2. The predicted molar refractivity (Wildman–Crippen MR) is 124 cm³/mol. The van der Waals surface area contributed by atoms with Crippen molar-refractivity contribution in [3.8, 4) is 11.5 Å². The van der Waals surface area contributed by atoms with Gasteiger partial charge >= 0.3 is 6.36 Å². The highest BCUT2D eigenvalue weighted by Crippen LogP contribution is 2.41. The number of pyridine rings is 2. The molecule has 0 spiro atoms. The minimum absolute atomic E-state index is 0.0122. The molecule has 1 atom stereocenters. The molecule has 0 aromatic carbocycles. The fourth-order valence-corrected chi connectivity index (χ4v) is 3.99. The van der Waals surface area contributed by atoms with E-state index in [1.165, 1.54) is 24.0 Å². The van der Waals surface area contributed by atoms with Crippen molar-refractivity contribution < 1.29 is 27.5 Å². The summed E-state index contributed by atoms with van der Waals surface area (Å²) in [5, 5.41) is 9.91. The van der Waals surface area contributed by atoms with Crippen LogP contribution >= 0.6 is 0 Å². The SMILES string of the molecule is CC1(C(=O)Nc2ccccn2)C(=O)Nc2nc(-c3nn(CCOC(F)(F)F)c4ncccc34)nc(N)c21. The van der Waals surface area contributed by atoms with E-state index in [1.54, 1.807) is 30.3 Å². The summed E-state index contributed by atoms with van der Waals surface area (Å²) in [6.45, 7) is 0.444. The molecule has 15 heteroatoms. The first-order chi connectivity index (χ1) is 17.6. The summed E-state index contributed by atoms with van der Waals surface area (Å²) in [5.41, 5.74) is 4.99. The molecule has 4 aromatic heterocycles. The highest BCUT2D eigenvalue weighted by Gasteiger charge is 2.52. The third-order valence-electron chi connectivity index (χ3n) is 5.77. The van der Waals surface area contributed by atoms with E-state index in [2.05, 4.69) is 40.4 Å². The zero-order chi connectivity index (χ0) is 26.4. The van der Waals surface area contributed by atoms with Crippen molar-refractivity contribution in [1.82, 2.24) is 29.7 Å². The first-order valence-electron chi connectivity index (χ1n) is 10.8. The largest absolute Gasteiger partial charge is 0.522 e. The van der Waals surface area contributed by atoms with Gasteiger partial charge in [-0.15, -0.1) is 13.2 Å². The number of hydrogen-bond donors (Lipinski definition) is 3. The number of fused-ring (bicyclic) bond motifs is 2. The Labute approximate surface area is 206 Å². The molecule has 5 heterocycles. The Bertz CT molecular complexity index is 1520. The lowest BCUT2D eigenvalue weighted by Crippen LogP contribution is -2.44. The number of amides is 2. The van der Waals surface area contributed by atoms with Crippen LogP contribution < -0.4 is 16.4 Å². The van der Waals surface area contributed by atoms with Crippen LogP contribution in [0.2, 0.25) is 0 Å². The van der Waals surface area contributed by atoms with Crippen molar-refractivity contribution in [2.75, 3.05) is 23.0 Å². The van der Waals surface area contributed by atoms with E-state index in [0.717, 1.165) is 0 Å². The highest BCUT2D eigenvalue weighted by atomic mass is 19.4. The van der Waals surface area contributed by atoms with Crippen molar-refractivity contribution in [2.45, 2.75) is 25.2 Å². The summed E-state index contributed by atoms with van der Waals surface area (Å²) in [5.74, 6) is -1.27. The van der Waals surface area contributed by atoms with E-state index in [-0.39, 0.29) is 46.7 Å². The lowest BCUT2D eigenvalue weighted by atomic mass is 9.83. The Balaban J connectivity index is 1.52. The van der Waals surface area contributed by atoms with Crippen LogP contribution in [-0.2, 0) is 26.3 Å². The highest BCUT2D eigenvalue weighted by molar-refractivity contribution is 6.23.